The van der Waals surface area contributed by atoms with Crippen LogP contribution in [0.5, 0.6) is 0 Å². The van der Waals surface area contributed by atoms with E-state index in [2.05, 4.69) is 4.98 Å². The second kappa shape index (κ2) is 7.20. The summed E-state index contributed by atoms with van der Waals surface area (Å²) in [6, 6.07) is 0.900. The van der Waals surface area contributed by atoms with E-state index in [1.54, 1.807) is 4.90 Å². The first-order chi connectivity index (χ1) is 8.90. The average Bonchev–Trinajstić information content (AvgIpc) is 2.33. The molecular formula is C12H15Cl2F3N2. The summed E-state index contributed by atoms with van der Waals surface area (Å²) >= 11 is 11.6. The Morgan fingerprint density at radius 1 is 1.32 bits per heavy atom. The van der Waals surface area contributed by atoms with Crippen LogP contribution >= 0.6 is 23.2 Å². The number of hydrogen-bond donors (Lipinski definition) is 0. The number of nitrogens with zero attached hydrogens (tertiary/aromatic N) is 2. The van der Waals surface area contributed by atoms with Crippen LogP contribution in [0.3, 0.4) is 0 Å². The van der Waals surface area contributed by atoms with Gasteiger partial charge in [-0.1, -0.05) is 24.9 Å². The van der Waals surface area contributed by atoms with E-state index in [9.17, 15) is 13.2 Å². The number of pyridine rings is 1. The van der Waals surface area contributed by atoms with Gasteiger partial charge in [0.05, 0.1) is 10.6 Å². The van der Waals surface area contributed by atoms with Gasteiger partial charge in [0, 0.05) is 25.2 Å². The zero-order chi connectivity index (χ0) is 14.5. The minimum Gasteiger partial charge on any atom is -0.354 e. The third-order valence-electron chi connectivity index (χ3n) is 2.58. The van der Waals surface area contributed by atoms with E-state index in [0.717, 1.165) is 25.1 Å². The van der Waals surface area contributed by atoms with Crippen molar-refractivity contribution < 1.29 is 13.2 Å². The van der Waals surface area contributed by atoms with Crippen molar-refractivity contribution in [2.75, 3.05) is 23.9 Å². The second-order valence-electron chi connectivity index (χ2n) is 4.06. The Morgan fingerprint density at radius 2 is 2.00 bits per heavy atom. The number of alkyl halides is 4. The molecule has 7 heteroatoms. The fourth-order valence-corrected chi connectivity index (χ4v) is 2.08. The normalized spacial score (nSPS) is 11.7. The molecule has 0 bridgehead atoms. The molecule has 108 valence electrons. The molecule has 1 rings (SSSR count). The molecule has 1 aromatic rings. The van der Waals surface area contributed by atoms with Gasteiger partial charge in [0.15, 0.2) is 0 Å². The van der Waals surface area contributed by atoms with E-state index in [0.29, 0.717) is 24.8 Å². The first kappa shape index (κ1) is 16.4. The summed E-state index contributed by atoms with van der Waals surface area (Å²) in [6.45, 7) is 3.20. The molecule has 0 atom stereocenters. The standard InChI is InChI=1S/C12H15Cl2F3N2/c1-2-3-5-19(6-4-13)11-10(14)7-9(8-18-11)12(15,16)17/h7-8H,2-6H2,1H3. The third kappa shape index (κ3) is 4.73. The average molecular weight is 315 g/mol. The van der Waals surface area contributed by atoms with Crippen LogP contribution in [0.4, 0.5) is 19.0 Å². The maximum atomic E-state index is 12.5. The highest BCUT2D eigenvalue weighted by Crippen LogP contribution is 2.33. The summed E-state index contributed by atoms with van der Waals surface area (Å²) in [7, 11) is 0. The Bertz CT molecular complexity index is 410. The van der Waals surface area contributed by atoms with Gasteiger partial charge in [-0.15, -0.1) is 11.6 Å². The summed E-state index contributed by atoms with van der Waals surface area (Å²) in [5, 5.41) is -0.00366. The largest absolute Gasteiger partial charge is 0.417 e. The Morgan fingerprint density at radius 3 is 2.47 bits per heavy atom. The second-order valence-corrected chi connectivity index (χ2v) is 4.84. The van der Waals surface area contributed by atoms with Crippen molar-refractivity contribution in [3.05, 3.63) is 22.8 Å². The number of aromatic nitrogens is 1. The molecule has 2 nitrogen and oxygen atoms in total. The van der Waals surface area contributed by atoms with Crippen LogP contribution in [0.2, 0.25) is 5.02 Å². The maximum absolute atomic E-state index is 12.5. The maximum Gasteiger partial charge on any atom is 0.417 e. The van der Waals surface area contributed by atoms with Crippen LogP contribution in [0, 0.1) is 0 Å². The summed E-state index contributed by atoms with van der Waals surface area (Å²) < 4.78 is 37.6. The number of unbranched alkanes of at least 4 members (excludes halogenated alkanes) is 1. The topological polar surface area (TPSA) is 16.1 Å². The van der Waals surface area contributed by atoms with E-state index in [1.165, 1.54) is 0 Å². The molecule has 0 saturated heterocycles. The summed E-state index contributed by atoms with van der Waals surface area (Å²) in [4.78, 5) is 5.64. The first-order valence-corrected chi connectivity index (χ1v) is 6.85. The molecule has 1 heterocycles. The van der Waals surface area contributed by atoms with E-state index in [1.807, 2.05) is 6.92 Å². The van der Waals surface area contributed by atoms with Crippen LogP contribution < -0.4 is 4.90 Å². The van der Waals surface area contributed by atoms with Crippen LogP contribution in [0.25, 0.3) is 0 Å². The van der Waals surface area contributed by atoms with Crippen LogP contribution in [-0.4, -0.2) is 24.0 Å². The molecule has 0 amide bonds. The zero-order valence-electron chi connectivity index (χ0n) is 10.5. The molecule has 0 unspecified atom stereocenters. The van der Waals surface area contributed by atoms with Crippen LogP contribution in [0.15, 0.2) is 12.3 Å². The number of halogens is 5. The smallest absolute Gasteiger partial charge is 0.354 e. The third-order valence-corrected chi connectivity index (χ3v) is 3.03. The molecule has 0 aromatic carbocycles. The Kier molecular flexibility index (Phi) is 6.20. The van der Waals surface area contributed by atoms with Gasteiger partial charge in [-0.3, -0.25) is 0 Å². The molecule has 0 aliphatic carbocycles. The van der Waals surface area contributed by atoms with E-state index in [-0.39, 0.29) is 5.02 Å². The lowest BCUT2D eigenvalue weighted by atomic mass is 10.2. The van der Waals surface area contributed by atoms with Gasteiger partial charge in [-0.2, -0.15) is 13.2 Å². The first-order valence-electron chi connectivity index (χ1n) is 5.93. The fourth-order valence-electron chi connectivity index (χ4n) is 1.59. The van der Waals surface area contributed by atoms with Crippen LogP contribution in [-0.2, 0) is 6.18 Å². The molecule has 0 aliphatic rings. The monoisotopic (exact) mass is 314 g/mol. The molecule has 0 saturated carbocycles. The van der Waals surface area contributed by atoms with Crippen molar-refractivity contribution in [2.24, 2.45) is 0 Å². The van der Waals surface area contributed by atoms with Gasteiger partial charge in [0.2, 0.25) is 0 Å². The molecule has 0 N–H and O–H groups in total. The predicted molar refractivity (Wildman–Crippen MR) is 72.1 cm³/mol. The zero-order valence-corrected chi connectivity index (χ0v) is 12.0. The van der Waals surface area contributed by atoms with Crippen molar-refractivity contribution >= 4 is 29.0 Å². The highest BCUT2D eigenvalue weighted by Gasteiger charge is 2.32. The van der Waals surface area contributed by atoms with Crippen LogP contribution in [0.1, 0.15) is 25.3 Å². The molecule has 0 spiro atoms. The van der Waals surface area contributed by atoms with E-state index >= 15 is 0 Å². The van der Waals surface area contributed by atoms with Crippen molar-refractivity contribution in [1.82, 2.24) is 4.98 Å². The summed E-state index contributed by atoms with van der Waals surface area (Å²) in [6.07, 6.45) is -1.77. The molecule has 0 fully saturated rings. The van der Waals surface area contributed by atoms with Gasteiger partial charge in [0.1, 0.15) is 5.82 Å². The van der Waals surface area contributed by atoms with Gasteiger partial charge < -0.3 is 4.90 Å². The fraction of sp³-hybridized carbons (Fsp3) is 0.583. The van der Waals surface area contributed by atoms with Gasteiger partial charge in [-0.05, 0) is 12.5 Å². The summed E-state index contributed by atoms with van der Waals surface area (Å²) in [5.74, 6) is 0.715. The lowest BCUT2D eigenvalue weighted by Gasteiger charge is -2.24. The van der Waals surface area contributed by atoms with Gasteiger partial charge in [0.25, 0.3) is 0 Å². The van der Waals surface area contributed by atoms with Gasteiger partial charge >= 0.3 is 6.18 Å². The number of hydrogen-bond acceptors (Lipinski definition) is 2. The van der Waals surface area contributed by atoms with Crippen molar-refractivity contribution in [3.63, 3.8) is 0 Å². The van der Waals surface area contributed by atoms with E-state index < -0.39 is 11.7 Å². The predicted octanol–water partition coefficient (Wildman–Crippen LogP) is 4.60. The SMILES string of the molecule is CCCCN(CCCl)c1ncc(C(F)(F)F)cc1Cl. The minimum absolute atomic E-state index is 0.00366. The molecule has 0 aliphatic heterocycles. The quantitative estimate of drug-likeness (QED) is 0.713. The lowest BCUT2D eigenvalue weighted by Crippen LogP contribution is -2.28. The summed E-state index contributed by atoms with van der Waals surface area (Å²) in [5.41, 5.74) is -0.845. The highest BCUT2D eigenvalue weighted by atomic mass is 35.5. The Hall–Kier alpha value is -0.680. The van der Waals surface area contributed by atoms with E-state index in [4.69, 9.17) is 23.2 Å². The molecule has 19 heavy (non-hydrogen) atoms. The highest BCUT2D eigenvalue weighted by molar-refractivity contribution is 6.33. The Balaban J connectivity index is 2.97. The minimum atomic E-state index is -4.43. The van der Waals surface area contributed by atoms with Crippen molar-refractivity contribution in [2.45, 2.75) is 25.9 Å². The molecule has 1 aromatic heterocycles. The lowest BCUT2D eigenvalue weighted by molar-refractivity contribution is -0.137. The molecular weight excluding hydrogens is 300 g/mol. The number of rotatable bonds is 6. The van der Waals surface area contributed by atoms with Gasteiger partial charge in [-0.25, -0.2) is 4.98 Å². The molecule has 0 radical (unpaired) electrons. The van der Waals surface area contributed by atoms with Crippen molar-refractivity contribution in [1.29, 1.82) is 0 Å². The Labute approximate surface area is 120 Å². The van der Waals surface area contributed by atoms with Crippen molar-refractivity contribution in [3.8, 4) is 0 Å². The number of anilines is 1.